The van der Waals surface area contributed by atoms with Gasteiger partial charge in [-0.2, -0.15) is 0 Å². The van der Waals surface area contributed by atoms with Gasteiger partial charge in [0.1, 0.15) is 11.5 Å². The lowest BCUT2D eigenvalue weighted by Gasteiger charge is -2.23. The topological polar surface area (TPSA) is 66.6 Å². The zero-order valence-electron chi connectivity index (χ0n) is 14.8. The van der Waals surface area contributed by atoms with E-state index in [2.05, 4.69) is 21.5 Å². The lowest BCUT2D eigenvalue weighted by atomic mass is 10.1. The lowest BCUT2D eigenvalue weighted by Crippen LogP contribution is -2.54. The molecule has 0 aliphatic carbocycles. The molecule has 0 heterocycles. The molecule has 0 aliphatic heterocycles. The summed E-state index contributed by atoms with van der Waals surface area (Å²) in [4.78, 5) is 0. The molecule has 1 rings (SSSR count). The van der Waals surface area contributed by atoms with Crippen LogP contribution in [0.15, 0.2) is 18.2 Å². The quantitative estimate of drug-likeness (QED) is 0.463. The van der Waals surface area contributed by atoms with Gasteiger partial charge in [-0.05, 0) is 75.4 Å². The normalized spacial score (nSPS) is 10.5. The number of nitrogens with one attached hydrogen (secondary N) is 4. The van der Waals surface area contributed by atoms with Crippen molar-refractivity contribution in [3.05, 3.63) is 23.8 Å². The molecule has 8 heteroatoms. The van der Waals surface area contributed by atoms with E-state index in [1.165, 1.54) is 0 Å². The van der Waals surface area contributed by atoms with E-state index in [1.807, 2.05) is 39.0 Å². The summed E-state index contributed by atoms with van der Waals surface area (Å²) >= 11 is 10.4. The van der Waals surface area contributed by atoms with Crippen LogP contribution in [0.3, 0.4) is 0 Å². The van der Waals surface area contributed by atoms with Crippen LogP contribution in [0.25, 0.3) is 0 Å². The Morgan fingerprint density at radius 3 is 2.29 bits per heavy atom. The molecule has 0 saturated carbocycles. The van der Waals surface area contributed by atoms with Crippen molar-refractivity contribution >= 4 is 34.7 Å². The molecule has 0 spiro atoms. The van der Waals surface area contributed by atoms with Crippen molar-refractivity contribution in [3.8, 4) is 11.5 Å². The fraction of sp³-hybridized carbons (Fsp3) is 0.500. The Morgan fingerprint density at radius 1 is 1.04 bits per heavy atom. The summed E-state index contributed by atoms with van der Waals surface area (Å²) in [5.74, 6) is 1.62. The van der Waals surface area contributed by atoms with Crippen LogP contribution in [-0.4, -0.2) is 36.5 Å². The van der Waals surface area contributed by atoms with Gasteiger partial charge in [0.25, 0.3) is 0 Å². The van der Waals surface area contributed by atoms with Crippen molar-refractivity contribution in [1.29, 1.82) is 0 Å². The molecule has 4 N–H and O–H groups in total. The van der Waals surface area contributed by atoms with Crippen LogP contribution in [-0.2, 0) is 6.42 Å². The van der Waals surface area contributed by atoms with E-state index < -0.39 is 0 Å². The van der Waals surface area contributed by atoms with Crippen molar-refractivity contribution < 1.29 is 9.47 Å². The average Bonchev–Trinajstić information content (AvgIpc) is 2.51. The highest BCUT2D eigenvalue weighted by atomic mass is 32.1. The molecular weight excluding hydrogens is 344 g/mol. The first-order valence-corrected chi connectivity index (χ1v) is 8.39. The number of hydrogen-bond acceptors (Lipinski definition) is 4. The second kappa shape index (κ2) is 9.48. The van der Waals surface area contributed by atoms with Crippen LogP contribution >= 0.6 is 24.4 Å². The van der Waals surface area contributed by atoms with Crippen LogP contribution in [0.5, 0.6) is 11.5 Å². The summed E-state index contributed by atoms with van der Waals surface area (Å²) in [5.41, 5.74) is 6.64. The predicted molar refractivity (Wildman–Crippen MR) is 106 cm³/mol. The molecule has 0 fully saturated rings. The van der Waals surface area contributed by atoms with Crippen molar-refractivity contribution in [3.63, 3.8) is 0 Å². The molecule has 1 aromatic rings. The second-order valence-electron chi connectivity index (χ2n) is 6.14. The Labute approximate surface area is 154 Å². The SMILES string of the molecule is COc1ccc(OC)c(CCNC(=S)NNC(=S)NC(C)(C)C)c1. The summed E-state index contributed by atoms with van der Waals surface area (Å²) in [6, 6.07) is 5.72. The van der Waals surface area contributed by atoms with E-state index in [9.17, 15) is 0 Å². The van der Waals surface area contributed by atoms with E-state index in [0.29, 0.717) is 16.8 Å². The van der Waals surface area contributed by atoms with Gasteiger partial charge in [-0.25, -0.2) is 0 Å². The Hall–Kier alpha value is -1.80. The maximum absolute atomic E-state index is 5.36. The number of hydrogen-bond donors (Lipinski definition) is 4. The van der Waals surface area contributed by atoms with Gasteiger partial charge < -0.3 is 20.1 Å². The summed E-state index contributed by atoms with van der Waals surface area (Å²) in [5, 5.41) is 7.19. The molecule has 0 bridgehead atoms. The summed E-state index contributed by atoms with van der Waals surface area (Å²) < 4.78 is 10.6. The predicted octanol–water partition coefficient (Wildman–Crippen LogP) is 1.89. The fourth-order valence-corrected chi connectivity index (χ4v) is 2.43. The van der Waals surface area contributed by atoms with Crippen LogP contribution in [0.2, 0.25) is 0 Å². The monoisotopic (exact) mass is 370 g/mol. The van der Waals surface area contributed by atoms with Gasteiger partial charge in [-0.15, -0.1) is 0 Å². The molecule has 0 amide bonds. The van der Waals surface area contributed by atoms with E-state index in [0.717, 1.165) is 23.5 Å². The van der Waals surface area contributed by atoms with Crippen molar-refractivity contribution in [1.82, 2.24) is 21.5 Å². The number of methoxy groups -OCH3 is 2. The van der Waals surface area contributed by atoms with Crippen LogP contribution in [0.4, 0.5) is 0 Å². The first kappa shape index (κ1) is 20.2. The van der Waals surface area contributed by atoms with E-state index in [-0.39, 0.29) is 5.54 Å². The molecule has 0 radical (unpaired) electrons. The minimum atomic E-state index is -0.107. The molecule has 0 unspecified atom stereocenters. The molecule has 134 valence electrons. The van der Waals surface area contributed by atoms with E-state index >= 15 is 0 Å². The molecule has 0 aromatic heterocycles. The van der Waals surface area contributed by atoms with Gasteiger partial charge in [-0.3, -0.25) is 10.9 Å². The fourth-order valence-electron chi connectivity index (χ4n) is 1.92. The maximum atomic E-state index is 5.36. The Balaban J connectivity index is 2.39. The number of thiocarbonyl (C=S) groups is 2. The zero-order valence-corrected chi connectivity index (χ0v) is 16.4. The first-order chi connectivity index (χ1) is 11.2. The third-order valence-corrected chi connectivity index (χ3v) is 3.40. The van der Waals surface area contributed by atoms with Crippen LogP contribution < -0.4 is 31.0 Å². The molecule has 0 saturated heterocycles. The lowest BCUT2D eigenvalue weighted by molar-refractivity contribution is 0.398. The van der Waals surface area contributed by atoms with Crippen molar-refractivity contribution in [2.24, 2.45) is 0 Å². The minimum Gasteiger partial charge on any atom is -0.497 e. The molecular formula is C16H26N4O2S2. The summed E-state index contributed by atoms with van der Waals surface area (Å²) in [7, 11) is 3.29. The van der Waals surface area contributed by atoms with Gasteiger partial charge in [0, 0.05) is 12.1 Å². The Bertz CT molecular complexity index is 574. The van der Waals surface area contributed by atoms with Gasteiger partial charge in [0.2, 0.25) is 0 Å². The molecule has 1 aromatic carbocycles. The Kier molecular flexibility index (Phi) is 8.00. The van der Waals surface area contributed by atoms with E-state index in [1.54, 1.807) is 14.2 Å². The van der Waals surface area contributed by atoms with E-state index in [4.69, 9.17) is 33.9 Å². The minimum absolute atomic E-state index is 0.107. The number of hydrazine groups is 1. The first-order valence-electron chi connectivity index (χ1n) is 7.58. The maximum Gasteiger partial charge on any atom is 0.185 e. The number of benzene rings is 1. The second-order valence-corrected chi connectivity index (χ2v) is 6.95. The highest BCUT2D eigenvalue weighted by Crippen LogP contribution is 2.24. The smallest absolute Gasteiger partial charge is 0.185 e. The Morgan fingerprint density at radius 2 is 1.71 bits per heavy atom. The van der Waals surface area contributed by atoms with Gasteiger partial charge in [0.05, 0.1) is 14.2 Å². The number of rotatable bonds is 5. The summed E-state index contributed by atoms with van der Waals surface area (Å²) in [6.07, 6.45) is 0.743. The molecule has 0 atom stereocenters. The zero-order chi connectivity index (χ0) is 18.2. The van der Waals surface area contributed by atoms with Crippen molar-refractivity contribution in [2.75, 3.05) is 20.8 Å². The molecule has 24 heavy (non-hydrogen) atoms. The third-order valence-electron chi connectivity index (χ3n) is 2.95. The highest BCUT2D eigenvalue weighted by molar-refractivity contribution is 7.80. The van der Waals surface area contributed by atoms with Crippen LogP contribution in [0.1, 0.15) is 26.3 Å². The largest absolute Gasteiger partial charge is 0.497 e. The van der Waals surface area contributed by atoms with Crippen molar-refractivity contribution in [2.45, 2.75) is 32.7 Å². The average molecular weight is 371 g/mol. The van der Waals surface area contributed by atoms with Gasteiger partial charge in [0.15, 0.2) is 10.2 Å². The highest BCUT2D eigenvalue weighted by Gasteiger charge is 2.10. The number of ether oxygens (including phenoxy) is 2. The molecule has 0 aliphatic rings. The van der Waals surface area contributed by atoms with Gasteiger partial charge in [-0.1, -0.05) is 0 Å². The summed E-state index contributed by atoms with van der Waals surface area (Å²) in [6.45, 7) is 6.73. The van der Waals surface area contributed by atoms with Gasteiger partial charge >= 0.3 is 0 Å². The molecule has 6 nitrogen and oxygen atoms in total. The standard InChI is InChI=1S/C16H26N4O2S2/c1-16(2,3)18-15(24)20-19-14(23)17-9-8-11-10-12(21-4)6-7-13(11)22-5/h6-7,10H,8-9H2,1-5H3,(H2,17,19,23)(H2,18,20,24). The van der Waals surface area contributed by atoms with Crippen LogP contribution in [0, 0.1) is 0 Å². The third kappa shape index (κ3) is 7.65.